The molecule has 0 heterocycles. The van der Waals surface area contributed by atoms with E-state index in [1.807, 2.05) is 0 Å². The SMILES string of the molecule is [2H][Pd]([Cl])[Cl].[CH2-]F. The van der Waals surface area contributed by atoms with Gasteiger partial charge in [0, 0.05) is 0 Å². The zero-order valence-corrected chi connectivity index (χ0v) is 5.22. The molecule has 0 saturated heterocycles. The predicted molar refractivity (Wildman–Crippen MR) is 19.6 cm³/mol. The van der Waals surface area contributed by atoms with Gasteiger partial charge in [0.15, 0.2) is 0 Å². The van der Waals surface area contributed by atoms with Crippen molar-refractivity contribution >= 4 is 19.1 Å². The number of rotatable bonds is 0. The number of halogens is 3. The van der Waals surface area contributed by atoms with Crippen molar-refractivity contribution in [2.75, 3.05) is 0 Å². The van der Waals surface area contributed by atoms with Gasteiger partial charge in [0.25, 0.3) is 0 Å². The Morgan fingerprint density at radius 3 is 1.80 bits per heavy atom. The summed E-state index contributed by atoms with van der Waals surface area (Å²) in [6.07, 6.45) is 0. The van der Waals surface area contributed by atoms with E-state index < -0.39 is 15.8 Å². The molecule has 0 radical (unpaired) electrons. The first kappa shape index (κ1) is 6.17. The molecule has 0 aliphatic rings. The van der Waals surface area contributed by atoms with Crippen LogP contribution < -0.4 is 0 Å². The molecule has 0 saturated carbocycles. The standard InChI is InChI=1S/CH2F.2ClH.Pd.H/c1-2;;;;/h1H2;2*1H;;/q-1;;;+2;/p-2/i;;;;1+1. The van der Waals surface area contributed by atoms with Crippen LogP contribution in [0.15, 0.2) is 0 Å². The van der Waals surface area contributed by atoms with Gasteiger partial charge in [-0.1, -0.05) is 0 Å². The molecule has 0 nitrogen and oxygen atoms in total. The van der Waals surface area contributed by atoms with Crippen molar-refractivity contribution in [1.82, 2.24) is 0 Å². The van der Waals surface area contributed by atoms with Crippen molar-refractivity contribution in [1.29, 1.82) is 0.783 Å². The van der Waals surface area contributed by atoms with E-state index in [0.717, 1.165) is 0 Å². The van der Waals surface area contributed by atoms with E-state index in [2.05, 4.69) is 0 Å². The summed E-state index contributed by atoms with van der Waals surface area (Å²) in [5.41, 5.74) is 0. The summed E-state index contributed by atoms with van der Waals surface area (Å²) in [6.45, 7) is 0. The van der Waals surface area contributed by atoms with Gasteiger partial charge in [0.05, 0.1) is 0 Å². The Balaban J connectivity index is 0. The summed E-state index contributed by atoms with van der Waals surface area (Å²) in [6, 6.07) is 0. The largest absolute Gasteiger partial charge is 0.463 e. The Morgan fingerprint density at radius 1 is 1.80 bits per heavy atom. The average Bonchev–Trinajstić information content (AvgIpc) is 1.41. The molecule has 0 rings (SSSR count). The molecule has 0 atom stereocenters. The topological polar surface area (TPSA) is 0 Å². The van der Waals surface area contributed by atoms with Gasteiger partial charge in [0.2, 0.25) is 0 Å². The van der Waals surface area contributed by atoms with Crippen LogP contribution >= 0.6 is 19.1 Å². The van der Waals surface area contributed by atoms with Crippen LogP contribution in [0.5, 0.6) is 0 Å². The molecule has 0 aliphatic heterocycles. The summed E-state index contributed by atoms with van der Waals surface area (Å²) in [5, 5.41) is 0. The van der Waals surface area contributed by atoms with Crippen LogP contribution in [0.2, 0.25) is 0 Å². The van der Waals surface area contributed by atoms with Crippen molar-refractivity contribution in [3.63, 3.8) is 0 Å². The van der Waals surface area contributed by atoms with Gasteiger partial charge in [-0.05, 0) is 0 Å². The molecule has 0 spiro atoms. The second-order valence-electron chi connectivity index (χ2n) is 0.0452. The van der Waals surface area contributed by atoms with Gasteiger partial charge >= 0.3 is 35.6 Å². The Hall–Kier alpha value is 1.17. The Labute approximate surface area is 47.4 Å². The number of hydrogen-bond donors (Lipinski definition) is 0. The maximum absolute atomic E-state index is 9.25. The summed E-state index contributed by atoms with van der Waals surface area (Å²) in [7, 11) is 11.4. The molecule has 5 heavy (non-hydrogen) atoms. The fraction of sp³-hybridized carbons (Fsp3) is 0. The normalized spacial score (nSPS) is 10.4. The molecule has 0 bridgehead atoms. The predicted octanol–water partition coefficient (Wildman–Crippen LogP) is 1.86. The minimum atomic E-state index is -1.79. The molecule has 0 unspecified atom stereocenters. The number of hydrogen-bond acceptors (Lipinski definition) is 0. The molecule has 0 fully saturated rings. The van der Waals surface area contributed by atoms with E-state index in [0.29, 0.717) is 0 Å². The zero-order chi connectivity index (χ0) is 5.58. The molecule has 0 aromatic carbocycles. The van der Waals surface area contributed by atoms with Gasteiger partial charge in [-0.15, -0.1) is 0 Å². The molecule has 0 aliphatic carbocycles. The van der Waals surface area contributed by atoms with Crippen LogP contribution in [0.4, 0.5) is 4.39 Å². The quantitative estimate of drug-likeness (QED) is 0.425. The van der Waals surface area contributed by atoms with Crippen molar-refractivity contribution in [3.05, 3.63) is 7.18 Å². The first-order chi connectivity index (χ1) is 2.73. The van der Waals surface area contributed by atoms with Gasteiger partial charge in [-0.3, -0.25) is 0 Å². The fourth-order valence-electron chi connectivity index (χ4n) is 0. The van der Waals surface area contributed by atoms with Crippen LogP contribution in [0.25, 0.3) is 0 Å². The third kappa shape index (κ3) is 37.9. The monoisotopic (exact) mass is 211 g/mol. The summed E-state index contributed by atoms with van der Waals surface area (Å²) < 4.78 is 15.5. The van der Waals surface area contributed by atoms with Crippen molar-refractivity contribution in [3.8, 4) is 0 Å². The van der Waals surface area contributed by atoms with E-state index >= 15 is 0 Å². The first-order valence-corrected chi connectivity index (χ1v) is 4.51. The average molecular weight is 212 g/mol. The van der Waals surface area contributed by atoms with Crippen molar-refractivity contribution in [2.45, 2.75) is 0 Å². The van der Waals surface area contributed by atoms with Crippen LogP contribution in [0.1, 0.15) is 0 Å². The van der Waals surface area contributed by atoms with E-state index in [4.69, 9.17) is 19.8 Å². The Morgan fingerprint density at radius 2 is 1.80 bits per heavy atom. The molecule has 0 aromatic heterocycles. The summed E-state index contributed by atoms with van der Waals surface area (Å²) in [5.74, 6) is 0. The second kappa shape index (κ2) is 19.1. The van der Waals surface area contributed by atoms with E-state index in [1.165, 1.54) is 0 Å². The maximum atomic E-state index is 9.25. The van der Waals surface area contributed by atoms with Gasteiger partial charge < -0.3 is 4.39 Å². The first-order valence-electron chi connectivity index (χ1n) is 0.823. The molecule has 0 amide bonds. The van der Waals surface area contributed by atoms with Crippen molar-refractivity contribution < 1.29 is 20.2 Å². The van der Waals surface area contributed by atoms with Crippen LogP contribution in [0.3, 0.4) is 0 Å². The van der Waals surface area contributed by atoms with Gasteiger partial charge in [-0.25, -0.2) is 0 Å². The van der Waals surface area contributed by atoms with E-state index in [1.54, 1.807) is 7.18 Å². The molecular formula is CH3Cl2FPd-. The Bertz CT molecular complexity index is 18.3. The zero-order valence-electron chi connectivity index (χ0n) is 3.16. The summed E-state index contributed by atoms with van der Waals surface area (Å²) in [4.78, 5) is 0. The minimum Gasteiger partial charge on any atom is -0.463 e. The third-order valence-corrected chi connectivity index (χ3v) is 0. The Kier molecular flexibility index (Phi) is 23.6. The van der Waals surface area contributed by atoms with Crippen molar-refractivity contribution in [2.24, 2.45) is 0 Å². The van der Waals surface area contributed by atoms with E-state index in [9.17, 15) is 4.39 Å². The van der Waals surface area contributed by atoms with Gasteiger partial charge in [0.1, 0.15) is 0 Å². The molecule has 4 heteroatoms. The van der Waals surface area contributed by atoms with Crippen LogP contribution in [0, 0.1) is 7.18 Å². The fourth-order valence-corrected chi connectivity index (χ4v) is 0. The molecular weight excluding hydrogens is 208 g/mol. The minimum absolute atomic E-state index is 1.75. The third-order valence-electron chi connectivity index (χ3n) is 0. The molecule has 0 N–H and O–H groups in total. The molecule has 39 valence electrons. The molecule has 0 aromatic rings. The van der Waals surface area contributed by atoms with E-state index in [-0.39, 0.29) is 0 Å². The van der Waals surface area contributed by atoms with Crippen LogP contribution in [-0.2, 0) is 15.8 Å². The second-order valence-corrected chi connectivity index (χ2v) is 2.41. The smallest absolute Gasteiger partial charge is 0.183 e. The summed E-state index contributed by atoms with van der Waals surface area (Å²) >= 11 is -1.79. The maximum Gasteiger partial charge on any atom is -0.183 e. The van der Waals surface area contributed by atoms with Gasteiger partial charge in [-0.2, -0.15) is 7.18 Å². The van der Waals surface area contributed by atoms with Crippen LogP contribution in [-0.4, -0.2) is 0.783 Å².